The van der Waals surface area contributed by atoms with Crippen LogP contribution < -0.4 is 16.0 Å². The monoisotopic (exact) mass is 398 g/mol. The number of urea groups is 1. The third kappa shape index (κ3) is 4.10. The summed E-state index contributed by atoms with van der Waals surface area (Å²) in [6.45, 7) is 0.321. The number of hydrogen-bond acceptors (Lipinski definition) is 4. The topological polar surface area (TPSA) is 83.1 Å². The minimum Gasteiger partial charge on any atom is -0.331 e. The van der Waals surface area contributed by atoms with E-state index in [0.29, 0.717) is 23.7 Å². The number of anilines is 2. The molecular weight excluding hydrogens is 384 g/mol. The molecule has 1 aromatic heterocycles. The summed E-state index contributed by atoms with van der Waals surface area (Å²) < 4.78 is 0. The summed E-state index contributed by atoms with van der Waals surface area (Å²) in [4.78, 5) is 28.0. The van der Waals surface area contributed by atoms with Gasteiger partial charge in [-0.05, 0) is 35.9 Å². The second-order valence-electron chi connectivity index (χ2n) is 6.04. The SMILES string of the molecule is O=C1Cc2cc(-c3csc(CNC(=O)Nc4cccc(Cl)c4)n3)ccc2N1. The lowest BCUT2D eigenvalue weighted by Gasteiger charge is -2.06. The van der Waals surface area contributed by atoms with Gasteiger partial charge in [0.15, 0.2) is 0 Å². The van der Waals surface area contributed by atoms with E-state index in [1.807, 2.05) is 23.6 Å². The number of aromatic nitrogens is 1. The molecule has 2 aromatic carbocycles. The van der Waals surface area contributed by atoms with Gasteiger partial charge in [0, 0.05) is 27.3 Å². The third-order valence-electron chi connectivity index (χ3n) is 4.06. The summed E-state index contributed by atoms with van der Waals surface area (Å²) >= 11 is 7.37. The molecule has 0 bridgehead atoms. The molecule has 2 heterocycles. The van der Waals surface area contributed by atoms with Crippen molar-refractivity contribution >= 4 is 46.3 Å². The van der Waals surface area contributed by atoms with Gasteiger partial charge in [-0.1, -0.05) is 23.7 Å². The van der Waals surface area contributed by atoms with Crippen molar-refractivity contribution in [2.45, 2.75) is 13.0 Å². The van der Waals surface area contributed by atoms with Crippen LogP contribution in [0.3, 0.4) is 0 Å². The van der Waals surface area contributed by atoms with Gasteiger partial charge in [0.05, 0.1) is 18.7 Å². The lowest BCUT2D eigenvalue weighted by atomic mass is 10.1. The lowest BCUT2D eigenvalue weighted by Crippen LogP contribution is -2.28. The lowest BCUT2D eigenvalue weighted by molar-refractivity contribution is -0.115. The first-order valence-electron chi connectivity index (χ1n) is 8.25. The maximum absolute atomic E-state index is 12.0. The summed E-state index contributed by atoms with van der Waals surface area (Å²) in [5.74, 6) is 0.0102. The first-order chi connectivity index (χ1) is 13.1. The number of fused-ring (bicyclic) bond motifs is 1. The fraction of sp³-hybridized carbons (Fsp3) is 0.105. The van der Waals surface area contributed by atoms with Gasteiger partial charge in [0.1, 0.15) is 5.01 Å². The number of thiazole rings is 1. The molecule has 27 heavy (non-hydrogen) atoms. The van der Waals surface area contributed by atoms with Crippen LogP contribution in [-0.2, 0) is 17.8 Å². The molecular formula is C19H15ClN4O2S. The van der Waals surface area contributed by atoms with E-state index >= 15 is 0 Å². The first-order valence-corrected chi connectivity index (χ1v) is 9.50. The van der Waals surface area contributed by atoms with Crippen LogP contribution >= 0.6 is 22.9 Å². The summed E-state index contributed by atoms with van der Waals surface area (Å²) in [6, 6.07) is 12.4. The van der Waals surface area contributed by atoms with Crippen LogP contribution in [0.25, 0.3) is 11.3 Å². The van der Waals surface area contributed by atoms with Crippen molar-refractivity contribution in [3.8, 4) is 11.3 Å². The van der Waals surface area contributed by atoms with Crippen LogP contribution in [0.2, 0.25) is 5.02 Å². The predicted octanol–water partition coefficient (Wildman–Crippen LogP) is 4.28. The van der Waals surface area contributed by atoms with E-state index in [9.17, 15) is 9.59 Å². The number of rotatable bonds is 4. The number of amides is 3. The Kier molecular flexibility index (Phi) is 4.79. The van der Waals surface area contributed by atoms with Crippen molar-refractivity contribution in [2.24, 2.45) is 0 Å². The fourth-order valence-corrected chi connectivity index (χ4v) is 3.74. The quantitative estimate of drug-likeness (QED) is 0.613. The van der Waals surface area contributed by atoms with E-state index < -0.39 is 0 Å². The number of nitrogens with zero attached hydrogens (tertiary/aromatic N) is 1. The Hall–Kier alpha value is -2.90. The second kappa shape index (κ2) is 7.38. The van der Waals surface area contributed by atoms with E-state index in [0.717, 1.165) is 27.5 Å². The van der Waals surface area contributed by atoms with Crippen molar-refractivity contribution in [1.29, 1.82) is 0 Å². The van der Waals surface area contributed by atoms with E-state index in [-0.39, 0.29) is 11.9 Å². The van der Waals surface area contributed by atoms with Crippen LogP contribution in [0.5, 0.6) is 0 Å². The van der Waals surface area contributed by atoms with Crippen LogP contribution in [0, 0.1) is 0 Å². The maximum atomic E-state index is 12.0. The highest BCUT2D eigenvalue weighted by Crippen LogP contribution is 2.29. The largest absolute Gasteiger partial charge is 0.331 e. The van der Waals surface area contributed by atoms with E-state index in [1.54, 1.807) is 24.3 Å². The molecule has 0 aliphatic carbocycles. The Morgan fingerprint density at radius 2 is 2.15 bits per heavy atom. The van der Waals surface area contributed by atoms with Crippen molar-refractivity contribution in [2.75, 3.05) is 10.6 Å². The highest BCUT2D eigenvalue weighted by molar-refractivity contribution is 7.09. The zero-order chi connectivity index (χ0) is 18.8. The van der Waals surface area contributed by atoms with Gasteiger partial charge >= 0.3 is 6.03 Å². The summed E-state index contributed by atoms with van der Waals surface area (Å²) in [5, 5.41) is 11.6. The molecule has 4 rings (SSSR count). The van der Waals surface area contributed by atoms with Crippen LogP contribution in [0.1, 0.15) is 10.6 Å². The molecule has 0 saturated carbocycles. The van der Waals surface area contributed by atoms with Gasteiger partial charge in [-0.25, -0.2) is 9.78 Å². The molecule has 0 unspecified atom stereocenters. The van der Waals surface area contributed by atoms with Crippen molar-refractivity contribution in [3.05, 3.63) is 63.4 Å². The van der Waals surface area contributed by atoms with E-state index in [4.69, 9.17) is 11.6 Å². The van der Waals surface area contributed by atoms with Crippen molar-refractivity contribution < 1.29 is 9.59 Å². The maximum Gasteiger partial charge on any atom is 0.319 e. The number of hydrogen-bond donors (Lipinski definition) is 3. The summed E-state index contributed by atoms with van der Waals surface area (Å²) in [5.41, 5.74) is 4.25. The predicted molar refractivity (Wildman–Crippen MR) is 107 cm³/mol. The standard InChI is InChI=1S/C19H15ClN4O2S/c20-13-2-1-3-14(8-13)22-19(26)21-9-18-24-16(10-27-18)11-4-5-15-12(6-11)7-17(25)23-15/h1-6,8,10H,7,9H2,(H,23,25)(H2,21,22,26). The Labute approximate surface area is 164 Å². The zero-order valence-electron chi connectivity index (χ0n) is 14.1. The van der Waals surface area contributed by atoms with Crippen LogP contribution in [-0.4, -0.2) is 16.9 Å². The molecule has 0 fully saturated rings. The fourth-order valence-electron chi connectivity index (χ4n) is 2.81. The van der Waals surface area contributed by atoms with Gasteiger partial charge in [-0.2, -0.15) is 0 Å². The molecule has 1 aliphatic heterocycles. The van der Waals surface area contributed by atoms with Gasteiger partial charge in [0.2, 0.25) is 5.91 Å². The molecule has 136 valence electrons. The van der Waals surface area contributed by atoms with Crippen LogP contribution in [0.4, 0.5) is 16.2 Å². The van der Waals surface area contributed by atoms with Gasteiger partial charge in [-0.3, -0.25) is 4.79 Å². The Morgan fingerprint density at radius 3 is 3.00 bits per heavy atom. The van der Waals surface area contributed by atoms with Gasteiger partial charge in [0.25, 0.3) is 0 Å². The molecule has 8 heteroatoms. The number of halogens is 1. The molecule has 3 amide bonds. The molecule has 3 N–H and O–H groups in total. The Balaban J connectivity index is 1.38. The summed E-state index contributed by atoms with van der Waals surface area (Å²) in [6.07, 6.45) is 0.394. The highest BCUT2D eigenvalue weighted by atomic mass is 35.5. The number of nitrogens with one attached hydrogen (secondary N) is 3. The molecule has 0 atom stereocenters. The molecule has 1 aliphatic rings. The van der Waals surface area contributed by atoms with Crippen molar-refractivity contribution in [1.82, 2.24) is 10.3 Å². The number of carbonyl (C=O) groups excluding carboxylic acids is 2. The average Bonchev–Trinajstić information content (AvgIpc) is 3.24. The average molecular weight is 399 g/mol. The Bertz CT molecular complexity index is 1030. The van der Waals surface area contributed by atoms with Crippen LogP contribution in [0.15, 0.2) is 47.8 Å². The second-order valence-corrected chi connectivity index (χ2v) is 7.42. The molecule has 0 saturated heterocycles. The van der Waals surface area contributed by atoms with E-state index in [2.05, 4.69) is 20.9 Å². The molecule has 0 radical (unpaired) electrons. The molecule has 3 aromatic rings. The number of benzene rings is 2. The van der Waals surface area contributed by atoms with Gasteiger partial charge in [-0.15, -0.1) is 11.3 Å². The minimum absolute atomic E-state index is 0.0102. The zero-order valence-corrected chi connectivity index (χ0v) is 15.7. The molecule has 6 nitrogen and oxygen atoms in total. The Morgan fingerprint density at radius 1 is 1.26 bits per heavy atom. The molecule has 0 spiro atoms. The first kappa shape index (κ1) is 17.5. The van der Waals surface area contributed by atoms with Crippen molar-refractivity contribution in [3.63, 3.8) is 0 Å². The number of carbonyl (C=O) groups is 2. The summed E-state index contributed by atoms with van der Waals surface area (Å²) in [7, 11) is 0. The van der Waals surface area contributed by atoms with Gasteiger partial charge < -0.3 is 16.0 Å². The third-order valence-corrected chi connectivity index (χ3v) is 5.14. The highest BCUT2D eigenvalue weighted by Gasteiger charge is 2.18. The smallest absolute Gasteiger partial charge is 0.319 e. The van der Waals surface area contributed by atoms with E-state index in [1.165, 1.54) is 11.3 Å². The normalized spacial score (nSPS) is 12.4. The minimum atomic E-state index is -0.323.